The summed E-state index contributed by atoms with van der Waals surface area (Å²) in [5.74, 6) is 2.48. The highest BCUT2D eigenvalue weighted by atomic mass is 16.5. The van der Waals surface area contributed by atoms with Gasteiger partial charge in [-0.25, -0.2) is 4.98 Å². The lowest BCUT2D eigenvalue weighted by molar-refractivity contribution is 0.306. The van der Waals surface area contributed by atoms with Crippen molar-refractivity contribution < 1.29 is 9.47 Å². The molecule has 4 nitrogen and oxygen atoms in total. The number of nitrogens with one attached hydrogen (secondary N) is 1. The van der Waals surface area contributed by atoms with Crippen molar-refractivity contribution in [2.75, 3.05) is 7.11 Å². The van der Waals surface area contributed by atoms with Crippen LogP contribution >= 0.6 is 0 Å². The van der Waals surface area contributed by atoms with Gasteiger partial charge >= 0.3 is 0 Å². The van der Waals surface area contributed by atoms with E-state index >= 15 is 0 Å². The van der Waals surface area contributed by atoms with Gasteiger partial charge in [-0.1, -0.05) is 30.3 Å². The average Bonchev–Trinajstić information content (AvgIpc) is 3.10. The molecule has 0 saturated carbocycles. The summed E-state index contributed by atoms with van der Waals surface area (Å²) < 4.78 is 11.1. The van der Waals surface area contributed by atoms with E-state index in [2.05, 4.69) is 22.1 Å². The molecule has 0 aliphatic carbocycles. The highest BCUT2D eigenvalue weighted by molar-refractivity contribution is 5.80. The predicted octanol–water partition coefficient (Wildman–Crippen LogP) is 4.82. The summed E-state index contributed by atoms with van der Waals surface area (Å²) >= 11 is 0. The number of ether oxygens (including phenoxy) is 2. The predicted molar refractivity (Wildman–Crippen MR) is 98.9 cm³/mol. The van der Waals surface area contributed by atoms with Gasteiger partial charge in [-0.3, -0.25) is 0 Å². The molecule has 1 aromatic heterocycles. The number of benzene rings is 3. The molecule has 0 aliphatic heterocycles. The van der Waals surface area contributed by atoms with E-state index in [1.165, 1.54) is 0 Å². The Morgan fingerprint density at radius 2 is 1.64 bits per heavy atom. The van der Waals surface area contributed by atoms with Crippen molar-refractivity contribution in [1.29, 1.82) is 0 Å². The van der Waals surface area contributed by atoms with Crippen LogP contribution in [0.2, 0.25) is 0 Å². The van der Waals surface area contributed by atoms with E-state index in [4.69, 9.17) is 9.47 Å². The van der Waals surface area contributed by atoms with Crippen LogP contribution in [0.15, 0.2) is 72.8 Å². The van der Waals surface area contributed by atoms with Crippen LogP contribution in [0.4, 0.5) is 0 Å². The third kappa shape index (κ3) is 3.33. The lowest BCUT2D eigenvalue weighted by Gasteiger charge is -2.06. The molecule has 1 N–H and O–H groups in total. The Labute approximate surface area is 146 Å². The number of methoxy groups -OCH3 is 1. The number of hydrogen-bond acceptors (Lipinski definition) is 3. The van der Waals surface area contributed by atoms with Crippen molar-refractivity contribution in [3.05, 3.63) is 78.4 Å². The van der Waals surface area contributed by atoms with Gasteiger partial charge in [0.15, 0.2) is 0 Å². The van der Waals surface area contributed by atoms with Gasteiger partial charge < -0.3 is 14.5 Å². The van der Waals surface area contributed by atoms with Gasteiger partial charge in [0.25, 0.3) is 0 Å². The van der Waals surface area contributed by atoms with Gasteiger partial charge in [0.2, 0.25) is 0 Å². The Morgan fingerprint density at radius 1 is 0.880 bits per heavy atom. The molecular weight excluding hydrogens is 312 g/mol. The molecule has 4 heteroatoms. The molecule has 0 atom stereocenters. The number of aromatic nitrogens is 2. The highest BCUT2D eigenvalue weighted by Gasteiger charge is 2.06. The number of fused-ring (bicyclic) bond motifs is 1. The molecule has 0 bridgehead atoms. The van der Waals surface area contributed by atoms with E-state index in [9.17, 15) is 0 Å². The van der Waals surface area contributed by atoms with Gasteiger partial charge in [0.05, 0.1) is 18.1 Å². The Balaban J connectivity index is 1.51. The minimum absolute atomic E-state index is 0.560. The zero-order chi connectivity index (χ0) is 17.1. The number of imidazole rings is 1. The number of nitrogens with zero attached hydrogens (tertiary/aromatic N) is 1. The zero-order valence-corrected chi connectivity index (χ0v) is 13.9. The minimum atomic E-state index is 0.560. The van der Waals surface area contributed by atoms with Crippen molar-refractivity contribution in [2.24, 2.45) is 0 Å². The number of hydrogen-bond donors (Lipinski definition) is 1. The summed E-state index contributed by atoms with van der Waals surface area (Å²) in [4.78, 5) is 7.96. The molecule has 0 aliphatic rings. The van der Waals surface area contributed by atoms with Crippen LogP contribution in [0.3, 0.4) is 0 Å². The molecule has 4 rings (SSSR count). The Kier molecular flexibility index (Phi) is 4.09. The molecule has 0 amide bonds. The first-order valence-electron chi connectivity index (χ1n) is 8.13. The minimum Gasteiger partial charge on any atom is -0.497 e. The van der Waals surface area contributed by atoms with Crippen LogP contribution < -0.4 is 9.47 Å². The number of H-pyrrole nitrogens is 1. The maximum absolute atomic E-state index is 5.82. The summed E-state index contributed by atoms with van der Waals surface area (Å²) in [7, 11) is 1.66. The lowest BCUT2D eigenvalue weighted by atomic mass is 10.2. The largest absolute Gasteiger partial charge is 0.497 e. The van der Waals surface area contributed by atoms with Crippen molar-refractivity contribution in [3.63, 3.8) is 0 Å². The maximum Gasteiger partial charge on any atom is 0.138 e. The molecule has 0 fully saturated rings. The van der Waals surface area contributed by atoms with E-state index in [1.807, 2.05) is 60.7 Å². The van der Waals surface area contributed by atoms with Crippen LogP contribution in [0.1, 0.15) is 5.56 Å². The van der Waals surface area contributed by atoms with Gasteiger partial charge in [-0.15, -0.1) is 0 Å². The molecule has 1 heterocycles. The second-order valence-corrected chi connectivity index (χ2v) is 5.77. The monoisotopic (exact) mass is 330 g/mol. The van der Waals surface area contributed by atoms with Crippen molar-refractivity contribution >= 4 is 11.0 Å². The van der Waals surface area contributed by atoms with Gasteiger partial charge in [0.1, 0.15) is 23.9 Å². The van der Waals surface area contributed by atoms with E-state index in [0.717, 1.165) is 39.5 Å². The molecule has 25 heavy (non-hydrogen) atoms. The Bertz CT molecular complexity index is 976. The van der Waals surface area contributed by atoms with Crippen LogP contribution in [0.5, 0.6) is 11.5 Å². The second kappa shape index (κ2) is 6.69. The molecular formula is C21H18N2O2. The van der Waals surface area contributed by atoms with Crippen LogP contribution in [-0.4, -0.2) is 17.1 Å². The number of rotatable bonds is 5. The lowest BCUT2D eigenvalue weighted by Crippen LogP contribution is -1.94. The van der Waals surface area contributed by atoms with Crippen LogP contribution in [-0.2, 0) is 6.61 Å². The number of aromatic amines is 1. The summed E-state index contributed by atoms with van der Waals surface area (Å²) in [6.07, 6.45) is 0. The molecule has 3 aromatic carbocycles. The van der Waals surface area contributed by atoms with E-state index in [1.54, 1.807) is 7.11 Å². The zero-order valence-electron chi connectivity index (χ0n) is 13.9. The molecule has 0 saturated heterocycles. The van der Waals surface area contributed by atoms with Crippen LogP contribution in [0.25, 0.3) is 22.4 Å². The summed E-state index contributed by atoms with van der Waals surface area (Å²) in [5, 5.41) is 0. The first-order valence-corrected chi connectivity index (χ1v) is 8.13. The summed E-state index contributed by atoms with van der Waals surface area (Å²) in [6.45, 7) is 0.560. The summed E-state index contributed by atoms with van der Waals surface area (Å²) in [5.41, 5.74) is 4.04. The Hall–Kier alpha value is -3.27. The molecule has 4 aromatic rings. The fourth-order valence-corrected chi connectivity index (χ4v) is 2.70. The normalized spacial score (nSPS) is 10.8. The first-order chi connectivity index (χ1) is 12.3. The molecule has 0 unspecified atom stereocenters. The highest BCUT2D eigenvalue weighted by Crippen LogP contribution is 2.25. The van der Waals surface area contributed by atoms with Gasteiger partial charge in [-0.2, -0.15) is 0 Å². The van der Waals surface area contributed by atoms with Crippen LogP contribution in [0, 0.1) is 0 Å². The van der Waals surface area contributed by atoms with E-state index in [0.29, 0.717) is 6.61 Å². The van der Waals surface area contributed by atoms with Gasteiger partial charge in [-0.05, 0) is 42.0 Å². The third-order valence-electron chi connectivity index (χ3n) is 4.07. The standard InChI is InChI=1S/C21H18N2O2/c1-24-18-11-12-19-20(13-18)23-21(22-19)16-7-9-17(10-8-16)25-14-15-5-3-2-4-6-15/h2-13H,14H2,1H3,(H,22,23). The quantitative estimate of drug-likeness (QED) is 0.571. The average molecular weight is 330 g/mol. The fraction of sp³-hybridized carbons (Fsp3) is 0.0952. The first kappa shape index (κ1) is 15.3. The second-order valence-electron chi connectivity index (χ2n) is 5.77. The maximum atomic E-state index is 5.82. The van der Waals surface area contributed by atoms with Crippen molar-refractivity contribution in [3.8, 4) is 22.9 Å². The van der Waals surface area contributed by atoms with Crippen molar-refractivity contribution in [2.45, 2.75) is 6.61 Å². The van der Waals surface area contributed by atoms with Gasteiger partial charge in [0, 0.05) is 11.6 Å². The topological polar surface area (TPSA) is 47.1 Å². The van der Waals surface area contributed by atoms with Crippen molar-refractivity contribution in [1.82, 2.24) is 9.97 Å². The molecule has 124 valence electrons. The third-order valence-corrected chi connectivity index (χ3v) is 4.07. The smallest absolute Gasteiger partial charge is 0.138 e. The van der Waals surface area contributed by atoms with E-state index in [-0.39, 0.29) is 0 Å². The van der Waals surface area contributed by atoms with E-state index < -0.39 is 0 Å². The summed E-state index contributed by atoms with van der Waals surface area (Å²) in [6, 6.07) is 23.9. The molecule has 0 radical (unpaired) electrons. The SMILES string of the molecule is COc1ccc2nc(-c3ccc(OCc4ccccc4)cc3)[nH]c2c1. The fourth-order valence-electron chi connectivity index (χ4n) is 2.70. The Morgan fingerprint density at radius 3 is 2.40 bits per heavy atom. The molecule has 0 spiro atoms.